The van der Waals surface area contributed by atoms with E-state index in [4.69, 9.17) is 11.6 Å². The molecule has 0 atom stereocenters. The van der Waals surface area contributed by atoms with E-state index in [0.29, 0.717) is 70.4 Å². The predicted octanol–water partition coefficient (Wildman–Crippen LogP) is 6.13. The highest BCUT2D eigenvalue weighted by molar-refractivity contribution is 7.18. The lowest BCUT2D eigenvalue weighted by Crippen LogP contribution is -2.50. The third-order valence-corrected chi connectivity index (χ3v) is 9.37. The maximum absolute atomic E-state index is 14.2. The molecule has 1 N–H and O–H groups in total. The molecule has 12 heteroatoms. The van der Waals surface area contributed by atoms with Gasteiger partial charge >= 0.3 is 5.97 Å². The number of thiophene rings is 1. The number of carboxylic acids is 1. The zero-order chi connectivity index (χ0) is 33.5. The number of nitrogens with zero attached hydrogens (tertiary/aromatic N) is 6. The van der Waals surface area contributed by atoms with Gasteiger partial charge in [0.1, 0.15) is 23.1 Å². The average Bonchev–Trinajstić information content (AvgIpc) is 3.47. The molecule has 0 aliphatic carbocycles. The van der Waals surface area contributed by atoms with Crippen molar-refractivity contribution in [2.45, 2.75) is 33.0 Å². The van der Waals surface area contributed by atoms with Crippen molar-refractivity contribution in [3.05, 3.63) is 85.9 Å². The van der Waals surface area contributed by atoms with Gasteiger partial charge in [-0.2, -0.15) is 5.26 Å². The number of carboxylic acid groups (broad SMARTS) is 1. The summed E-state index contributed by atoms with van der Waals surface area (Å²) < 4.78 is 16.4. The third kappa shape index (κ3) is 6.43. The van der Waals surface area contributed by atoms with Crippen molar-refractivity contribution >= 4 is 55.7 Å². The van der Waals surface area contributed by atoms with Crippen LogP contribution in [-0.4, -0.2) is 68.9 Å². The van der Waals surface area contributed by atoms with E-state index in [9.17, 15) is 24.3 Å². The summed E-state index contributed by atoms with van der Waals surface area (Å²) in [6, 6.07) is 11.2. The van der Waals surface area contributed by atoms with Crippen LogP contribution in [0.4, 0.5) is 10.2 Å². The Bertz CT molecular complexity index is 2220. The van der Waals surface area contributed by atoms with Crippen molar-refractivity contribution in [3.8, 4) is 29.0 Å². The third-order valence-electron chi connectivity index (χ3n) is 8.14. The molecule has 238 valence electrons. The van der Waals surface area contributed by atoms with Crippen LogP contribution in [-0.2, 0) is 6.54 Å². The number of benzene rings is 1. The number of aromatic nitrogens is 3. The monoisotopic (exact) mass is 668 g/mol. The lowest BCUT2D eigenvalue weighted by molar-refractivity contribution is 0.0699. The summed E-state index contributed by atoms with van der Waals surface area (Å²) >= 11 is 7.67. The lowest BCUT2D eigenvalue weighted by Gasteiger charge is -2.37. The fraction of sp³-hybridized carbons (Fsp3) is 0.286. The highest BCUT2D eigenvalue weighted by Gasteiger charge is 2.27. The molecule has 1 fully saturated rings. The number of aryl methyl sites for hydroxylation is 1. The second kappa shape index (κ2) is 12.8. The van der Waals surface area contributed by atoms with Gasteiger partial charge in [0.2, 0.25) is 0 Å². The number of alkyl halides is 1. The first-order valence-electron chi connectivity index (χ1n) is 14.9. The first-order chi connectivity index (χ1) is 22.4. The molecule has 6 rings (SSSR count). The quantitative estimate of drug-likeness (QED) is 0.215. The Hall–Kier alpha value is -4.81. The molecule has 0 saturated carbocycles. The van der Waals surface area contributed by atoms with Gasteiger partial charge in [0.25, 0.3) is 5.56 Å². The maximum atomic E-state index is 14.2. The molecule has 0 bridgehead atoms. The van der Waals surface area contributed by atoms with Gasteiger partial charge in [-0.25, -0.2) is 14.2 Å². The molecular weight excluding hydrogens is 639 g/mol. The van der Waals surface area contributed by atoms with E-state index in [-0.39, 0.29) is 28.6 Å². The van der Waals surface area contributed by atoms with E-state index < -0.39 is 11.6 Å². The number of anilines is 1. The van der Waals surface area contributed by atoms with Gasteiger partial charge in [-0.1, -0.05) is 23.4 Å². The summed E-state index contributed by atoms with van der Waals surface area (Å²) in [6.45, 7) is 7.69. The molecule has 1 saturated heterocycles. The fourth-order valence-electron chi connectivity index (χ4n) is 6.00. The Balaban J connectivity index is 1.34. The van der Waals surface area contributed by atoms with Crippen LogP contribution in [0.5, 0.6) is 0 Å². The first-order valence-corrected chi connectivity index (χ1v) is 16.2. The smallest absolute Gasteiger partial charge is 0.338 e. The summed E-state index contributed by atoms with van der Waals surface area (Å²) in [7, 11) is 0. The zero-order valence-electron chi connectivity index (χ0n) is 26.0. The van der Waals surface area contributed by atoms with Gasteiger partial charge in [0.15, 0.2) is 0 Å². The molecule has 9 nitrogen and oxygen atoms in total. The number of piperazine rings is 1. The van der Waals surface area contributed by atoms with Crippen molar-refractivity contribution < 1.29 is 14.3 Å². The van der Waals surface area contributed by atoms with Gasteiger partial charge in [0.05, 0.1) is 27.7 Å². The van der Waals surface area contributed by atoms with E-state index >= 15 is 0 Å². The standard InChI is InChI=1S/C35H30ClFN6O3S/c1-21-15-23-18-40-32(42-13-11-41(12-14-42)20-35(2,3)37)27(17-38)29(23)33(44)43(21)10-4-5-22-6-7-24(36)16-26(22)25-8-9-39-30-28(34(45)46)19-47-31(25)30/h6-9,15-16,18-19H,10-14,20H2,1-3H3,(H,45,46). The van der Waals surface area contributed by atoms with Crippen molar-refractivity contribution in [1.29, 1.82) is 5.26 Å². The molecule has 4 aromatic heterocycles. The Kier molecular flexibility index (Phi) is 8.73. The number of hydrogen-bond donors (Lipinski definition) is 1. The summed E-state index contributed by atoms with van der Waals surface area (Å²) in [6.07, 6.45) is 3.19. The van der Waals surface area contributed by atoms with Gasteiger partial charge in [0, 0.05) is 83.3 Å². The number of pyridine rings is 3. The number of nitriles is 1. The number of aromatic carboxylic acids is 1. The lowest BCUT2D eigenvalue weighted by atomic mass is 10.00. The van der Waals surface area contributed by atoms with E-state index in [1.165, 1.54) is 11.3 Å². The van der Waals surface area contributed by atoms with Crippen molar-refractivity contribution in [2.75, 3.05) is 37.6 Å². The van der Waals surface area contributed by atoms with Crippen molar-refractivity contribution in [2.24, 2.45) is 0 Å². The molecule has 0 spiro atoms. The largest absolute Gasteiger partial charge is 0.478 e. The molecular formula is C35H30ClFN6O3S. The van der Waals surface area contributed by atoms with Gasteiger partial charge in [-0.05, 0) is 51.1 Å². The van der Waals surface area contributed by atoms with Crippen LogP contribution in [0, 0.1) is 30.1 Å². The summed E-state index contributed by atoms with van der Waals surface area (Å²) in [5.41, 5.74) is 1.90. The molecule has 0 unspecified atom stereocenters. The van der Waals surface area contributed by atoms with Gasteiger partial charge in [-0.3, -0.25) is 14.7 Å². The molecule has 0 radical (unpaired) electrons. The van der Waals surface area contributed by atoms with E-state index in [2.05, 4.69) is 32.8 Å². The Morgan fingerprint density at radius 2 is 1.91 bits per heavy atom. The summed E-state index contributed by atoms with van der Waals surface area (Å²) in [4.78, 5) is 38.5. The highest BCUT2D eigenvalue weighted by Crippen LogP contribution is 2.36. The number of hydrogen-bond acceptors (Lipinski definition) is 8. The number of halogens is 2. The van der Waals surface area contributed by atoms with Crippen LogP contribution in [0.1, 0.15) is 41.0 Å². The number of fused-ring (bicyclic) bond motifs is 2. The van der Waals surface area contributed by atoms with Crippen LogP contribution in [0.3, 0.4) is 0 Å². The number of rotatable bonds is 6. The minimum Gasteiger partial charge on any atom is -0.478 e. The molecule has 0 amide bonds. The minimum absolute atomic E-state index is 0.0663. The molecule has 47 heavy (non-hydrogen) atoms. The second-order valence-corrected chi connectivity index (χ2v) is 13.4. The summed E-state index contributed by atoms with van der Waals surface area (Å²) in [5, 5.41) is 22.7. The molecule has 1 aromatic carbocycles. The molecule has 5 heterocycles. The minimum atomic E-state index is -1.30. The predicted molar refractivity (Wildman–Crippen MR) is 183 cm³/mol. The van der Waals surface area contributed by atoms with E-state index in [1.807, 2.05) is 17.9 Å². The van der Waals surface area contributed by atoms with Crippen LogP contribution in [0.2, 0.25) is 5.02 Å². The van der Waals surface area contributed by atoms with Crippen LogP contribution >= 0.6 is 22.9 Å². The maximum Gasteiger partial charge on any atom is 0.338 e. The molecule has 1 aliphatic rings. The topological polar surface area (TPSA) is 115 Å². The Morgan fingerprint density at radius 3 is 2.62 bits per heavy atom. The Morgan fingerprint density at radius 1 is 1.15 bits per heavy atom. The average molecular weight is 669 g/mol. The second-order valence-electron chi connectivity index (χ2n) is 12.0. The van der Waals surface area contributed by atoms with Crippen LogP contribution < -0.4 is 10.5 Å². The van der Waals surface area contributed by atoms with E-state index in [1.54, 1.807) is 60.5 Å². The van der Waals surface area contributed by atoms with Crippen LogP contribution in [0.25, 0.3) is 32.1 Å². The Labute approximate surface area is 279 Å². The van der Waals surface area contributed by atoms with Crippen LogP contribution in [0.15, 0.2) is 52.9 Å². The van der Waals surface area contributed by atoms with Gasteiger partial charge < -0.3 is 14.6 Å². The SMILES string of the molecule is Cc1cc2cnc(N3CCN(CC(C)(C)F)CC3)c(C#N)c2c(=O)n1CC#Cc1ccc(Cl)cc1-c1ccnc2c(C(=O)O)csc12. The first kappa shape index (κ1) is 32.1. The fourth-order valence-corrected chi connectivity index (χ4v) is 7.20. The normalized spacial score (nSPS) is 13.8. The van der Waals surface area contributed by atoms with Crippen molar-refractivity contribution in [3.63, 3.8) is 0 Å². The van der Waals surface area contributed by atoms with Gasteiger partial charge in [-0.15, -0.1) is 11.3 Å². The molecule has 5 aromatic rings. The number of carbonyl (C=O) groups is 1. The zero-order valence-corrected chi connectivity index (χ0v) is 27.5. The van der Waals surface area contributed by atoms with Crippen molar-refractivity contribution in [1.82, 2.24) is 19.4 Å². The highest BCUT2D eigenvalue weighted by atomic mass is 35.5. The summed E-state index contributed by atoms with van der Waals surface area (Å²) in [5.74, 6) is 5.70. The molecule has 1 aliphatic heterocycles. The van der Waals surface area contributed by atoms with E-state index in [0.717, 1.165) is 11.1 Å².